The molecule has 0 bridgehead atoms. The minimum absolute atomic E-state index is 0.000250. The van der Waals surface area contributed by atoms with E-state index in [0.29, 0.717) is 11.5 Å². The average molecular weight is 281 g/mol. The summed E-state index contributed by atoms with van der Waals surface area (Å²) in [6.45, 7) is 7.36. The maximum Gasteiger partial charge on any atom is 0.407 e. The minimum atomic E-state index is -2.46. The predicted molar refractivity (Wildman–Crippen MR) is 69.2 cm³/mol. The molecule has 0 unspecified atom stereocenters. The lowest BCUT2D eigenvalue weighted by molar-refractivity contribution is 0.102. The zero-order valence-electron chi connectivity index (χ0n) is 11.3. The quantitative estimate of drug-likeness (QED) is 0.840. The van der Waals surface area contributed by atoms with Crippen LogP contribution in [0, 0.1) is 5.92 Å². The Morgan fingerprint density at radius 2 is 2.11 bits per heavy atom. The van der Waals surface area contributed by atoms with Crippen molar-refractivity contribution in [1.29, 1.82) is 0 Å². The summed E-state index contributed by atoms with van der Waals surface area (Å²) >= 11 is 1.41. The van der Waals surface area contributed by atoms with Gasteiger partial charge in [-0.3, -0.25) is 0 Å². The van der Waals surface area contributed by atoms with Crippen molar-refractivity contribution in [2.24, 2.45) is 5.92 Å². The molecular formula is C12H21F2NO2S. The highest BCUT2D eigenvalue weighted by Gasteiger charge is 2.56. The number of ether oxygens (including phenoxy) is 1. The first-order chi connectivity index (χ1) is 8.10. The van der Waals surface area contributed by atoms with Gasteiger partial charge in [0.25, 0.3) is 5.92 Å². The van der Waals surface area contributed by atoms with Crippen molar-refractivity contribution in [1.82, 2.24) is 5.32 Å². The lowest BCUT2D eigenvalue weighted by Crippen LogP contribution is -2.42. The van der Waals surface area contributed by atoms with Crippen LogP contribution in [0.25, 0.3) is 0 Å². The van der Waals surface area contributed by atoms with Crippen LogP contribution in [0.5, 0.6) is 0 Å². The van der Waals surface area contributed by atoms with Gasteiger partial charge in [-0.1, -0.05) is 0 Å². The number of halogens is 2. The van der Waals surface area contributed by atoms with Gasteiger partial charge in [-0.25, -0.2) is 13.6 Å². The number of nitrogens with one attached hydrogen (secondary N) is 1. The molecule has 1 aliphatic carbocycles. The first-order valence-corrected chi connectivity index (χ1v) is 7.20. The molecule has 0 spiro atoms. The van der Waals surface area contributed by atoms with Crippen molar-refractivity contribution in [3.05, 3.63) is 0 Å². The molecule has 0 saturated heterocycles. The fourth-order valence-corrected chi connectivity index (χ4v) is 2.56. The molecule has 0 aromatic rings. The van der Waals surface area contributed by atoms with Crippen molar-refractivity contribution >= 4 is 17.9 Å². The molecule has 1 saturated carbocycles. The van der Waals surface area contributed by atoms with Gasteiger partial charge in [0.15, 0.2) is 0 Å². The van der Waals surface area contributed by atoms with Gasteiger partial charge >= 0.3 is 6.09 Å². The second-order valence-electron chi connectivity index (χ2n) is 5.79. The summed E-state index contributed by atoms with van der Waals surface area (Å²) in [6.07, 6.45) is -0.739. The Balaban J connectivity index is 2.10. The Hall–Kier alpha value is -0.520. The molecular weight excluding hydrogens is 260 g/mol. The summed E-state index contributed by atoms with van der Waals surface area (Å²) in [5, 5.41) is 2.68. The fourth-order valence-electron chi connectivity index (χ4n) is 1.38. The van der Waals surface area contributed by atoms with Gasteiger partial charge < -0.3 is 10.1 Å². The third-order valence-electron chi connectivity index (χ3n) is 2.41. The molecule has 2 atom stereocenters. The van der Waals surface area contributed by atoms with Gasteiger partial charge in [0.05, 0.1) is 0 Å². The van der Waals surface area contributed by atoms with Crippen LogP contribution < -0.4 is 5.32 Å². The van der Waals surface area contributed by atoms with Crippen LogP contribution in [0.1, 0.15) is 34.1 Å². The van der Waals surface area contributed by atoms with E-state index < -0.39 is 17.9 Å². The third-order valence-corrected chi connectivity index (χ3v) is 3.76. The standard InChI is InChI=1S/C12H21F2NO2S/c1-8(17-10(16)15-11(2,3)4)6-18-7-9-5-12(9,13)14/h8-9H,5-7H2,1-4H3,(H,15,16)/t8-,9+/m1/s1. The van der Waals surface area contributed by atoms with E-state index in [2.05, 4.69) is 5.32 Å². The van der Waals surface area contributed by atoms with Crippen LogP contribution in [-0.2, 0) is 4.74 Å². The highest BCUT2D eigenvalue weighted by molar-refractivity contribution is 7.99. The largest absolute Gasteiger partial charge is 0.446 e. The van der Waals surface area contributed by atoms with Crippen molar-refractivity contribution in [2.75, 3.05) is 11.5 Å². The van der Waals surface area contributed by atoms with Crippen molar-refractivity contribution < 1.29 is 18.3 Å². The predicted octanol–water partition coefficient (Wildman–Crippen LogP) is 3.29. The maximum atomic E-state index is 12.6. The van der Waals surface area contributed by atoms with Crippen LogP contribution in [0.2, 0.25) is 0 Å². The van der Waals surface area contributed by atoms with Crippen LogP contribution in [0.4, 0.5) is 13.6 Å². The van der Waals surface area contributed by atoms with Gasteiger partial charge in [0.2, 0.25) is 0 Å². The topological polar surface area (TPSA) is 38.3 Å². The second kappa shape index (κ2) is 5.63. The molecule has 6 heteroatoms. The highest BCUT2D eigenvalue weighted by Crippen LogP contribution is 2.50. The number of hydrogen-bond acceptors (Lipinski definition) is 3. The molecule has 1 N–H and O–H groups in total. The van der Waals surface area contributed by atoms with Gasteiger partial charge in [-0.05, 0) is 27.7 Å². The van der Waals surface area contributed by atoms with E-state index in [-0.39, 0.29) is 18.1 Å². The number of amides is 1. The van der Waals surface area contributed by atoms with Gasteiger partial charge in [-0.15, -0.1) is 0 Å². The molecule has 0 aliphatic heterocycles. The van der Waals surface area contributed by atoms with Crippen LogP contribution >= 0.6 is 11.8 Å². The van der Waals surface area contributed by atoms with Crippen LogP contribution in [-0.4, -0.2) is 35.2 Å². The number of carbonyl (C=O) groups is 1. The molecule has 1 fully saturated rings. The zero-order valence-corrected chi connectivity index (χ0v) is 12.1. The number of thioether (sulfide) groups is 1. The number of alkyl carbamates (subject to hydrolysis) is 1. The Bertz CT molecular complexity index is 305. The van der Waals surface area contributed by atoms with E-state index in [1.165, 1.54) is 11.8 Å². The number of hydrogen-bond donors (Lipinski definition) is 1. The van der Waals surface area contributed by atoms with E-state index >= 15 is 0 Å². The molecule has 0 aromatic carbocycles. The van der Waals surface area contributed by atoms with Gasteiger partial charge in [0, 0.05) is 29.4 Å². The summed E-state index contributed by atoms with van der Waals surface area (Å²) in [6, 6.07) is 0. The molecule has 0 aromatic heterocycles. The monoisotopic (exact) mass is 281 g/mol. The van der Waals surface area contributed by atoms with Crippen molar-refractivity contribution in [2.45, 2.75) is 51.7 Å². The normalized spacial score (nSPS) is 23.3. The number of alkyl halides is 2. The van der Waals surface area contributed by atoms with E-state index in [1.807, 2.05) is 20.8 Å². The molecule has 1 aliphatic rings. The Kier molecular flexibility index (Phi) is 4.86. The maximum absolute atomic E-state index is 12.6. The second-order valence-corrected chi connectivity index (χ2v) is 6.87. The lowest BCUT2D eigenvalue weighted by Gasteiger charge is -2.22. The average Bonchev–Trinajstić information content (AvgIpc) is 2.69. The molecule has 1 rings (SSSR count). The Morgan fingerprint density at radius 1 is 1.56 bits per heavy atom. The molecule has 3 nitrogen and oxygen atoms in total. The van der Waals surface area contributed by atoms with Gasteiger partial charge in [0.1, 0.15) is 6.10 Å². The van der Waals surface area contributed by atoms with Crippen LogP contribution in [0.3, 0.4) is 0 Å². The Morgan fingerprint density at radius 3 is 2.56 bits per heavy atom. The van der Waals surface area contributed by atoms with E-state index in [4.69, 9.17) is 4.74 Å². The lowest BCUT2D eigenvalue weighted by atomic mass is 10.1. The highest BCUT2D eigenvalue weighted by atomic mass is 32.2. The van der Waals surface area contributed by atoms with Crippen LogP contribution in [0.15, 0.2) is 0 Å². The first kappa shape index (κ1) is 15.5. The summed E-state index contributed by atoms with van der Waals surface area (Å²) in [4.78, 5) is 11.4. The zero-order chi connectivity index (χ0) is 14.0. The smallest absolute Gasteiger partial charge is 0.407 e. The molecule has 18 heavy (non-hydrogen) atoms. The summed E-state index contributed by atoms with van der Waals surface area (Å²) in [5.41, 5.74) is -0.333. The molecule has 0 radical (unpaired) electrons. The first-order valence-electron chi connectivity index (χ1n) is 6.04. The SMILES string of the molecule is C[C@H](CSC[C@@H]1CC1(F)F)OC(=O)NC(C)(C)C. The van der Waals surface area contributed by atoms with E-state index in [9.17, 15) is 13.6 Å². The van der Waals surface area contributed by atoms with Gasteiger partial charge in [-0.2, -0.15) is 11.8 Å². The minimum Gasteiger partial charge on any atom is -0.446 e. The Labute approximate surface area is 111 Å². The third kappa shape index (κ3) is 5.89. The number of rotatable bonds is 5. The molecule has 106 valence electrons. The van der Waals surface area contributed by atoms with Crippen molar-refractivity contribution in [3.8, 4) is 0 Å². The van der Waals surface area contributed by atoms with E-state index in [0.717, 1.165) is 0 Å². The molecule has 1 amide bonds. The summed E-state index contributed by atoms with van der Waals surface area (Å²) in [5.74, 6) is -1.97. The molecule has 0 heterocycles. The summed E-state index contributed by atoms with van der Waals surface area (Å²) in [7, 11) is 0. The van der Waals surface area contributed by atoms with Crippen molar-refractivity contribution in [3.63, 3.8) is 0 Å². The fraction of sp³-hybridized carbons (Fsp3) is 0.917. The summed E-state index contributed by atoms with van der Waals surface area (Å²) < 4.78 is 30.3. The van der Waals surface area contributed by atoms with E-state index in [1.54, 1.807) is 6.92 Å². The number of carbonyl (C=O) groups excluding carboxylic acids is 1.